The smallest absolute Gasteiger partial charge is 0.339 e. The molecule has 2 aromatic rings. The maximum absolute atomic E-state index is 10.9. The number of hydrogen-bond donors (Lipinski definition) is 3. The van der Waals surface area contributed by atoms with Crippen LogP contribution >= 0.6 is 0 Å². The summed E-state index contributed by atoms with van der Waals surface area (Å²) in [5.74, 6) is -0.980. The summed E-state index contributed by atoms with van der Waals surface area (Å²) in [4.78, 5) is 14.7. The average Bonchev–Trinajstić information content (AvgIpc) is 2.30. The Morgan fingerprint density at radius 1 is 1.18 bits per heavy atom. The van der Waals surface area contributed by atoms with Crippen molar-refractivity contribution in [1.82, 2.24) is 4.98 Å². The number of aromatic nitrogens is 1. The average molecular weight is 230 g/mol. The summed E-state index contributed by atoms with van der Waals surface area (Å²) >= 11 is 0. The monoisotopic (exact) mass is 230 g/mol. The zero-order chi connectivity index (χ0) is 12.4. The highest BCUT2D eigenvalue weighted by atomic mass is 16.4. The highest BCUT2D eigenvalue weighted by Gasteiger charge is 2.10. The van der Waals surface area contributed by atoms with Crippen molar-refractivity contribution in [2.24, 2.45) is 0 Å². The van der Waals surface area contributed by atoms with E-state index < -0.39 is 5.97 Å². The van der Waals surface area contributed by atoms with E-state index in [-0.39, 0.29) is 17.1 Å². The number of hydrogen-bond acceptors (Lipinski definition) is 4. The number of anilines is 1. The van der Waals surface area contributed by atoms with E-state index in [9.17, 15) is 4.79 Å². The third-order valence-electron chi connectivity index (χ3n) is 2.35. The van der Waals surface area contributed by atoms with Gasteiger partial charge in [0.1, 0.15) is 17.1 Å². The van der Waals surface area contributed by atoms with Gasteiger partial charge in [0.15, 0.2) is 0 Å². The van der Waals surface area contributed by atoms with Crippen LogP contribution in [-0.4, -0.2) is 21.2 Å². The van der Waals surface area contributed by atoms with Crippen LogP contribution in [0.3, 0.4) is 0 Å². The number of carboxylic acid groups (broad SMARTS) is 1. The predicted molar refractivity (Wildman–Crippen MR) is 62.7 cm³/mol. The molecule has 0 radical (unpaired) electrons. The van der Waals surface area contributed by atoms with Gasteiger partial charge in [0.2, 0.25) is 0 Å². The summed E-state index contributed by atoms with van der Waals surface area (Å²) in [6.07, 6.45) is 1.49. The molecule has 0 saturated carbocycles. The second kappa shape index (κ2) is 4.13. The second-order valence-electron chi connectivity index (χ2n) is 3.51. The largest absolute Gasteiger partial charge is 0.508 e. The number of phenols is 1. The zero-order valence-corrected chi connectivity index (χ0v) is 8.79. The van der Waals surface area contributed by atoms with Crippen LogP contribution in [0.5, 0.6) is 5.75 Å². The van der Waals surface area contributed by atoms with Crippen molar-refractivity contribution in [1.29, 1.82) is 0 Å². The molecule has 0 aliphatic rings. The minimum absolute atomic E-state index is 0.0139. The van der Waals surface area contributed by atoms with Gasteiger partial charge in [-0.2, -0.15) is 0 Å². The first kappa shape index (κ1) is 10.9. The minimum atomic E-state index is -1.12. The number of pyridine rings is 1. The third-order valence-corrected chi connectivity index (χ3v) is 2.35. The number of carboxylic acids is 1. The van der Waals surface area contributed by atoms with Crippen molar-refractivity contribution < 1.29 is 15.0 Å². The van der Waals surface area contributed by atoms with Gasteiger partial charge in [-0.25, -0.2) is 9.78 Å². The van der Waals surface area contributed by atoms with Gasteiger partial charge in [0, 0.05) is 11.8 Å². The zero-order valence-electron chi connectivity index (χ0n) is 8.79. The fraction of sp³-hybridized carbons (Fsp3) is 0. The Kier molecular flexibility index (Phi) is 2.66. The fourth-order valence-corrected chi connectivity index (χ4v) is 1.46. The summed E-state index contributed by atoms with van der Waals surface area (Å²) in [5, 5.41) is 18.1. The number of aromatic hydroxyl groups is 1. The van der Waals surface area contributed by atoms with Gasteiger partial charge in [0.25, 0.3) is 0 Å². The molecule has 0 amide bonds. The van der Waals surface area contributed by atoms with Crippen LogP contribution < -0.4 is 5.73 Å². The van der Waals surface area contributed by atoms with Gasteiger partial charge in [-0.05, 0) is 23.8 Å². The summed E-state index contributed by atoms with van der Waals surface area (Å²) < 4.78 is 0. The van der Waals surface area contributed by atoms with E-state index in [1.807, 2.05) is 0 Å². The van der Waals surface area contributed by atoms with Crippen LogP contribution in [0.4, 0.5) is 5.82 Å². The van der Waals surface area contributed by atoms with E-state index in [4.69, 9.17) is 15.9 Å². The lowest BCUT2D eigenvalue weighted by atomic mass is 10.1. The lowest BCUT2D eigenvalue weighted by Crippen LogP contribution is -2.04. The maximum Gasteiger partial charge on any atom is 0.339 e. The van der Waals surface area contributed by atoms with Gasteiger partial charge >= 0.3 is 5.97 Å². The highest BCUT2D eigenvalue weighted by molar-refractivity contribution is 5.94. The van der Waals surface area contributed by atoms with Crippen LogP contribution in [0.1, 0.15) is 10.4 Å². The van der Waals surface area contributed by atoms with Crippen LogP contribution in [0.25, 0.3) is 11.1 Å². The molecule has 0 fully saturated rings. The number of rotatable bonds is 2. The summed E-state index contributed by atoms with van der Waals surface area (Å²) in [7, 11) is 0. The standard InChI is InChI=1S/C12H10N2O3/c13-11-10(12(16)17)5-8(6-14-11)7-1-3-9(15)4-2-7/h1-6,15H,(H2,13,14)(H,16,17). The number of phenolic OH excluding ortho intramolecular Hbond substituents is 1. The molecular weight excluding hydrogens is 220 g/mol. The lowest BCUT2D eigenvalue weighted by molar-refractivity contribution is 0.0697. The Bertz CT molecular complexity index is 564. The lowest BCUT2D eigenvalue weighted by Gasteiger charge is -2.05. The Morgan fingerprint density at radius 3 is 2.41 bits per heavy atom. The number of nitrogens with two attached hydrogens (primary N) is 1. The number of nitrogen functional groups attached to an aromatic ring is 1. The molecule has 0 unspecified atom stereocenters. The number of benzene rings is 1. The van der Waals surface area contributed by atoms with Crippen molar-refractivity contribution >= 4 is 11.8 Å². The summed E-state index contributed by atoms with van der Waals surface area (Å²) in [6, 6.07) is 7.84. The molecule has 0 aliphatic heterocycles. The fourth-order valence-electron chi connectivity index (χ4n) is 1.46. The van der Waals surface area contributed by atoms with Crippen LogP contribution in [-0.2, 0) is 0 Å². The van der Waals surface area contributed by atoms with Crippen molar-refractivity contribution in [3.63, 3.8) is 0 Å². The predicted octanol–water partition coefficient (Wildman–Crippen LogP) is 1.73. The first-order valence-electron chi connectivity index (χ1n) is 4.86. The first-order chi connectivity index (χ1) is 8.08. The molecular formula is C12H10N2O3. The summed E-state index contributed by atoms with van der Waals surface area (Å²) in [6.45, 7) is 0. The Balaban J connectivity index is 2.50. The van der Waals surface area contributed by atoms with E-state index in [2.05, 4.69) is 4.98 Å². The van der Waals surface area contributed by atoms with Gasteiger partial charge in [0.05, 0.1) is 0 Å². The Labute approximate surface area is 97.2 Å². The van der Waals surface area contributed by atoms with Crippen LogP contribution in [0, 0.1) is 0 Å². The molecule has 1 aromatic carbocycles. The molecule has 2 rings (SSSR count). The van der Waals surface area contributed by atoms with Crippen molar-refractivity contribution in [3.8, 4) is 16.9 Å². The van der Waals surface area contributed by atoms with Crippen molar-refractivity contribution in [2.45, 2.75) is 0 Å². The maximum atomic E-state index is 10.9. The molecule has 0 atom stereocenters. The molecule has 0 spiro atoms. The number of aromatic carboxylic acids is 1. The van der Waals surface area contributed by atoms with Gasteiger partial charge in [-0.15, -0.1) is 0 Å². The topological polar surface area (TPSA) is 96.4 Å². The third kappa shape index (κ3) is 2.17. The molecule has 0 aliphatic carbocycles. The Morgan fingerprint density at radius 2 is 1.82 bits per heavy atom. The first-order valence-corrected chi connectivity index (χ1v) is 4.86. The van der Waals surface area contributed by atoms with Gasteiger partial charge < -0.3 is 15.9 Å². The molecule has 86 valence electrons. The van der Waals surface area contributed by atoms with Gasteiger partial charge in [-0.1, -0.05) is 12.1 Å². The van der Waals surface area contributed by atoms with E-state index >= 15 is 0 Å². The van der Waals surface area contributed by atoms with Crippen LogP contribution in [0.2, 0.25) is 0 Å². The molecule has 1 heterocycles. The van der Waals surface area contributed by atoms with E-state index in [0.717, 1.165) is 5.56 Å². The number of nitrogens with zero attached hydrogens (tertiary/aromatic N) is 1. The molecule has 0 saturated heterocycles. The molecule has 5 heteroatoms. The van der Waals surface area contributed by atoms with Crippen molar-refractivity contribution in [3.05, 3.63) is 42.1 Å². The molecule has 4 N–H and O–H groups in total. The second-order valence-corrected chi connectivity index (χ2v) is 3.51. The van der Waals surface area contributed by atoms with Crippen molar-refractivity contribution in [2.75, 3.05) is 5.73 Å². The summed E-state index contributed by atoms with van der Waals surface area (Å²) in [5.41, 5.74) is 6.83. The van der Waals surface area contributed by atoms with Crippen LogP contribution in [0.15, 0.2) is 36.5 Å². The highest BCUT2D eigenvalue weighted by Crippen LogP contribution is 2.23. The minimum Gasteiger partial charge on any atom is -0.508 e. The molecule has 1 aromatic heterocycles. The molecule has 5 nitrogen and oxygen atoms in total. The SMILES string of the molecule is Nc1ncc(-c2ccc(O)cc2)cc1C(=O)O. The van der Waals surface area contributed by atoms with E-state index in [1.165, 1.54) is 24.4 Å². The molecule has 0 bridgehead atoms. The van der Waals surface area contributed by atoms with E-state index in [0.29, 0.717) is 5.56 Å². The normalized spacial score (nSPS) is 10.1. The quantitative estimate of drug-likeness (QED) is 0.730. The number of carbonyl (C=O) groups is 1. The molecule has 17 heavy (non-hydrogen) atoms. The van der Waals surface area contributed by atoms with E-state index in [1.54, 1.807) is 12.1 Å². The Hall–Kier alpha value is -2.56. The van der Waals surface area contributed by atoms with Gasteiger partial charge in [-0.3, -0.25) is 0 Å².